The number of sulfonamides is 1. The number of ether oxygens (including phenoxy) is 1. The third-order valence-electron chi connectivity index (χ3n) is 8.07. The number of methoxy groups -OCH3 is 1. The summed E-state index contributed by atoms with van der Waals surface area (Å²) >= 11 is 0. The molecular formula is C34H43N3O5S. The summed E-state index contributed by atoms with van der Waals surface area (Å²) in [5, 5.41) is 3.18. The molecule has 0 bridgehead atoms. The number of aryl methyl sites for hydroxylation is 1. The van der Waals surface area contributed by atoms with E-state index in [0.717, 1.165) is 41.1 Å². The number of benzene rings is 3. The topological polar surface area (TPSA) is 96.0 Å². The molecule has 1 saturated carbocycles. The van der Waals surface area contributed by atoms with Gasteiger partial charge in [0.1, 0.15) is 18.3 Å². The van der Waals surface area contributed by atoms with E-state index in [1.165, 1.54) is 25.7 Å². The molecule has 0 aliphatic heterocycles. The Kier molecular flexibility index (Phi) is 11.2. The van der Waals surface area contributed by atoms with E-state index in [0.29, 0.717) is 24.3 Å². The van der Waals surface area contributed by atoms with Crippen LogP contribution in [0.15, 0.2) is 83.8 Å². The molecule has 0 unspecified atom stereocenters. The van der Waals surface area contributed by atoms with Crippen molar-refractivity contribution in [1.29, 1.82) is 0 Å². The summed E-state index contributed by atoms with van der Waals surface area (Å²) in [6.07, 6.45) is 6.14. The number of nitrogens with zero attached hydrogens (tertiary/aromatic N) is 2. The minimum absolute atomic E-state index is 0.0413. The molecule has 1 fully saturated rings. The van der Waals surface area contributed by atoms with E-state index in [9.17, 15) is 18.0 Å². The molecule has 1 aliphatic rings. The van der Waals surface area contributed by atoms with Gasteiger partial charge in [0.2, 0.25) is 11.8 Å². The van der Waals surface area contributed by atoms with Crippen LogP contribution in [-0.2, 0) is 26.0 Å². The van der Waals surface area contributed by atoms with Crippen LogP contribution in [0.5, 0.6) is 5.75 Å². The smallest absolute Gasteiger partial charge is 0.264 e. The first kappa shape index (κ1) is 32.1. The average molecular weight is 606 g/mol. The first-order chi connectivity index (χ1) is 20.7. The fourth-order valence-electron chi connectivity index (χ4n) is 5.55. The minimum Gasteiger partial charge on any atom is -0.497 e. The van der Waals surface area contributed by atoms with Gasteiger partial charge in [-0.05, 0) is 74.6 Å². The van der Waals surface area contributed by atoms with Crippen molar-refractivity contribution < 1.29 is 22.7 Å². The Hall–Kier alpha value is -3.85. The lowest BCUT2D eigenvalue weighted by atomic mass is 9.95. The summed E-state index contributed by atoms with van der Waals surface area (Å²) in [5.41, 5.74) is 2.37. The first-order valence-electron chi connectivity index (χ1n) is 15.1. The molecule has 3 aromatic rings. The fraction of sp³-hybridized carbons (Fsp3) is 0.412. The summed E-state index contributed by atoms with van der Waals surface area (Å²) in [6, 6.07) is 22.3. The van der Waals surface area contributed by atoms with E-state index >= 15 is 0 Å². The van der Waals surface area contributed by atoms with Gasteiger partial charge in [0, 0.05) is 12.6 Å². The van der Waals surface area contributed by atoms with Crippen LogP contribution in [0.2, 0.25) is 0 Å². The number of rotatable bonds is 13. The normalized spacial score (nSPS) is 14.5. The van der Waals surface area contributed by atoms with Gasteiger partial charge in [-0.3, -0.25) is 13.9 Å². The fourth-order valence-corrected chi connectivity index (χ4v) is 6.97. The Morgan fingerprint density at radius 2 is 1.58 bits per heavy atom. The Bertz CT molecular complexity index is 1440. The quantitative estimate of drug-likeness (QED) is 0.278. The van der Waals surface area contributed by atoms with E-state index in [2.05, 4.69) is 5.32 Å². The lowest BCUT2D eigenvalue weighted by Crippen LogP contribution is -2.54. The number of carbonyl (C=O) groups excluding carboxylic acids is 2. The van der Waals surface area contributed by atoms with Crippen molar-refractivity contribution in [3.8, 4) is 5.75 Å². The van der Waals surface area contributed by atoms with E-state index < -0.39 is 28.5 Å². The molecule has 0 spiro atoms. The van der Waals surface area contributed by atoms with E-state index in [1.54, 1.807) is 29.2 Å². The van der Waals surface area contributed by atoms with Crippen molar-refractivity contribution in [3.63, 3.8) is 0 Å². The van der Waals surface area contributed by atoms with Gasteiger partial charge in [0.05, 0.1) is 17.7 Å². The standard InChI is InChI=1S/C34H43N3O5S/c1-4-32(34(39)35-28-13-9-6-10-14-28)36(24-23-27-11-7-5-8-12-27)33(38)25-37(29-17-15-26(2)16-18-29)43(40,41)31-21-19-30(42-3)20-22-31/h5,7-8,11-12,15-22,28,32H,4,6,9-10,13-14,23-25H2,1-3H3,(H,35,39)/t32-/m0/s1. The number of hydrogen-bond acceptors (Lipinski definition) is 5. The van der Waals surface area contributed by atoms with Crippen molar-refractivity contribution in [2.75, 3.05) is 24.5 Å². The molecule has 0 aromatic heterocycles. The predicted octanol–water partition coefficient (Wildman–Crippen LogP) is 5.50. The van der Waals surface area contributed by atoms with Gasteiger partial charge < -0.3 is 15.0 Å². The third-order valence-corrected chi connectivity index (χ3v) is 9.86. The number of anilines is 1. The molecule has 43 heavy (non-hydrogen) atoms. The molecule has 1 N–H and O–H groups in total. The van der Waals surface area contributed by atoms with E-state index in [-0.39, 0.29) is 23.4 Å². The number of amides is 2. The molecule has 230 valence electrons. The SMILES string of the molecule is CC[C@@H](C(=O)NC1CCCCC1)N(CCc1ccccc1)C(=O)CN(c1ccc(C)cc1)S(=O)(=O)c1ccc(OC)cc1. The highest BCUT2D eigenvalue weighted by molar-refractivity contribution is 7.92. The van der Waals surface area contributed by atoms with Gasteiger partial charge >= 0.3 is 0 Å². The summed E-state index contributed by atoms with van der Waals surface area (Å²) < 4.78 is 34.4. The second-order valence-electron chi connectivity index (χ2n) is 11.1. The van der Waals surface area contributed by atoms with Gasteiger partial charge in [0.15, 0.2) is 0 Å². The molecule has 0 radical (unpaired) electrons. The van der Waals surface area contributed by atoms with Crippen molar-refractivity contribution >= 4 is 27.5 Å². The molecular weight excluding hydrogens is 562 g/mol. The molecule has 0 saturated heterocycles. The predicted molar refractivity (Wildman–Crippen MR) is 170 cm³/mol. The molecule has 8 nitrogen and oxygen atoms in total. The number of nitrogens with one attached hydrogen (secondary N) is 1. The Labute approximate surface area is 256 Å². The van der Waals surface area contributed by atoms with Gasteiger partial charge in [-0.1, -0.05) is 74.2 Å². The van der Waals surface area contributed by atoms with Crippen LogP contribution < -0.4 is 14.4 Å². The molecule has 2 amide bonds. The van der Waals surface area contributed by atoms with Crippen LogP contribution in [0.1, 0.15) is 56.6 Å². The molecule has 3 aromatic carbocycles. The zero-order valence-electron chi connectivity index (χ0n) is 25.4. The maximum Gasteiger partial charge on any atom is 0.264 e. The molecule has 1 aliphatic carbocycles. The monoisotopic (exact) mass is 605 g/mol. The zero-order chi connectivity index (χ0) is 30.8. The summed E-state index contributed by atoms with van der Waals surface area (Å²) in [7, 11) is -2.62. The van der Waals surface area contributed by atoms with Crippen molar-refractivity contribution in [2.24, 2.45) is 0 Å². The summed E-state index contributed by atoms with van der Waals surface area (Å²) in [6.45, 7) is 3.64. The largest absolute Gasteiger partial charge is 0.497 e. The summed E-state index contributed by atoms with van der Waals surface area (Å²) in [5.74, 6) is -0.0892. The highest BCUT2D eigenvalue weighted by atomic mass is 32.2. The maximum atomic E-state index is 14.2. The molecule has 1 atom stereocenters. The van der Waals surface area contributed by atoms with Crippen LogP contribution in [-0.4, -0.2) is 57.4 Å². The summed E-state index contributed by atoms with van der Waals surface area (Å²) in [4.78, 5) is 29.4. The van der Waals surface area contributed by atoms with Crippen LogP contribution in [0.3, 0.4) is 0 Å². The maximum absolute atomic E-state index is 14.2. The highest BCUT2D eigenvalue weighted by Gasteiger charge is 2.34. The second kappa shape index (κ2) is 15.0. The Morgan fingerprint density at radius 3 is 2.19 bits per heavy atom. The Balaban J connectivity index is 1.66. The molecule has 0 heterocycles. The van der Waals surface area contributed by atoms with E-state index in [4.69, 9.17) is 4.74 Å². The molecule has 9 heteroatoms. The Morgan fingerprint density at radius 1 is 0.930 bits per heavy atom. The van der Waals surface area contributed by atoms with Crippen LogP contribution >= 0.6 is 0 Å². The molecule has 4 rings (SSSR count). The van der Waals surface area contributed by atoms with Gasteiger partial charge in [-0.25, -0.2) is 8.42 Å². The van der Waals surface area contributed by atoms with Crippen molar-refractivity contribution in [2.45, 2.75) is 75.8 Å². The lowest BCUT2D eigenvalue weighted by molar-refractivity contribution is -0.140. The van der Waals surface area contributed by atoms with Gasteiger partial charge in [-0.15, -0.1) is 0 Å². The van der Waals surface area contributed by atoms with Crippen LogP contribution in [0, 0.1) is 6.92 Å². The van der Waals surface area contributed by atoms with Gasteiger partial charge in [0.25, 0.3) is 10.0 Å². The lowest BCUT2D eigenvalue weighted by Gasteiger charge is -2.34. The third kappa shape index (κ3) is 8.38. The van der Waals surface area contributed by atoms with Crippen molar-refractivity contribution in [3.05, 3.63) is 90.0 Å². The second-order valence-corrected chi connectivity index (χ2v) is 13.0. The van der Waals surface area contributed by atoms with Crippen molar-refractivity contribution in [1.82, 2.24) is 10.2 Å². The average Bonchev–Trinajstić information content (AvgIpc) is 3.03. The van der Waals surface area contributed by atoms with E-state index in [1.807, 2.05) is 56.3 Å². The highest BCUT2D eigenvalue weighted by Crippen LogP contribution is 2.26. The number of hydrogen-bond donors (Lipinski definition) is 1. The zero-order valence-corrected chi connectivity index (χ0v) is 26.2. The van der Waals surface area contributed by atoms with Crippen LogP contribution in [0.25, 0.3) is 0 Å². The number of carbonyl (C=O) groups is 2. The minimum atomic E-state index is -4.13. The van der Waals surface area contributed by atoms with Crippen LogP contribution in [0.4, 0.5) is 5.69 Å². The van der Waals surface area contributed by atoms with Gasteiger partial charge in [-0.2, -0.15) is 0 Å². The first-order valence-corrected chi connectivity index (χ1v) is 16.5.